The smallest absolute Gasteiger partial charge is 0.256 e. The number of phenols is 1. The van der Waals surface area contributed by atoms with Gasteiger partial charge in [-0.05, 0) is 37.3 Å². The number of nitrogens with one attached hydrogen (secondary N) is 1. The first-order valence-electron chi connectivity index (χ1n) is 11.9. The van der Waals surface area contributed by atoms with E-state index in [1.54, 1.807) is 5.32 Å². The predicted molar refractivity (Wildman–Crippen MR) is 141 cm³/mol. The Morgan fingerprint density at radius 1 is 1.05 bits per heavy atom. The Morgan fingerprint density at radius 3 is 2.44 bits per heavy atom. The van der Waals surface area contributed by atoms with Crippen LogP contribution in [0.15, 0.2) is 59.5 Å². The maximum atomic E-state index is 17.0. The lowest BCUT2D eigenvalue weighted by atomic mass is 9.95. The number of rotatable bonds is 4. The zero-order valence-corrected chi connectivity index (χ0v) is 22.7. The zero-order valence-electron chi connectivity index (χ0n) is 21.1. The summed E-state index contributed by atoms with van der Waals surface area (Å²) in [7, 11) is -3.91. The largest absolute Gasteiger partial charge is 0.506 e. The van der Waals surface area contributed by atoms with Crippen LogP contribution in [0.2, 0.25) is 5.02 Å². The monoisotopic (exact) mass is 615 g/mol. The molecular formula is C27H20ClF6N3O3S. The summed E-state index contributed by atoms with van der Waals surface area (Å²) in [5.41, 5.74) is -2.41. The Hall–Kier alpha value is -3.55. The molecule has 5 rings (SSSR count). The van der Waals surface area contributed by atoms with Gasteiger partial charge in [-0.2, -0.15) is 0 Å². The molecule has 4 atom stereocenters. The number of sulfone groups is 1. The Morgan fingerprint density at radius 2 is 1.76 bits per heavy atom. The quantitative estimate of drug-likeness (QED) is 0.205. The molecule has 0 aliphatic carbocycles. The minimum absolute atomic E-state index is 0.0171. The molecule has 1 saturated heterocycles. The lowest BCUT2D eigenvalue weighted by Crippen LogP contribution is -2.68. The molecular weight excluding hydrogens is 596 g/mol. The first kappa shape index (κ1) is 29.0. The highest BCUT2D eigenvalue weighted by atomic mass is 35.5. The van der Waals surface area contributed by atoms with Crippen molar-refractivity contribution in [2.45, 2.75) is 36.5 Å². The Balaban J connectivity index is 1.78. The molecule has 1 aromatic heterocycles. The van der Waals surface area contributed by atoms with E-state index < -0.39 is 73.6 Å². The number of alkyl halides is 4. The molecule has 1 aliphatic heterocycles. The van der Waals surface area contributed by atoms with E-state index in [1.807, 2.05) is 0 Å². The molecule has 1 fully saturated rings. The Bertz CT molecular complexity index is 1810. The Kier molecular flexibility index (Phi) is 7.11. The number of pyridine rings is 1. The highest BCUT2D eigenvalue weighted by molar-refractivity contribution is 7.90. The second-order valence-corrected chi connectivity index (χ2v) is 12.0. The van der Waals surface area contributed by atoms with Crippen molar-refractivity contribution in [3.8, 4) is 16.9 Å². The summed E-state index contributed by atoms with van der Waals surface area (Å²) in [5.74, 6) is -6.29. The van der Waals surface area contributed by atoms with Gasteiger partial charge < -0.3 is 5.11 Å². The van der Waals surface area contributed by atoms with Crippen molar-refractivity contribution < 1.29 is 39.9 Å². The number of aromatic hydroxyl groups is 1. The van der Waals surface area contributed by atoms with Crippen LogP contribution in [0.5, 0.6) is 5.75 Å². The van der Waals surface area contributed by atoms with Gasteiger partial charge in [0.05, 0.1) is 15.6 Å². The zero-order chi connectivity index (χ0) is 30.0. The maximum absolute atomic E-state index is 17.0. The minimum Gasteiger partial charge on any atom is -0.506 e. The first-order chi connectivity index (χ1) is 19.1. The summed E-state index contributed by atoms with van der Waals surface area (Å²) in [6.07, 6.45) is -7.70. The fraction of sp³-hybridized carbons (Fsp3) is 0.222. The Labute approximate surface area is 235 Å². The van der Waals surface area contributed by atoms with Gasteiger partial charge in [0.25, 0.3) is 5.79 Å². The van der Waals surface area contributed by atoms with Crippen LogP contribution in [-0.2, 0) is 15.6 Å². The molecule has 0 amide bonds. The minimum atomic E-state index is -3.91. The van der Waals surface area contributed by atoms with Gasteiger partial charge in [-0.1, -0.05) is 29.8 Å². The van der Waals surface area contributed by atoms with Gasteiger partial charge in [0.1, 0.15) is 17.1 Å². The van der Waals surface area contributed by atoms with Crippen LogP contribution in [0.25, 0.3) is 22.0 Å². The molecule has 3 unspecified atom stereocenters. The number of hydrogen-bond donors (Lipinski definition) is 2. The number of aromatic nitrogens is 1. The van der Waals surface area contributed by atoms with Gasteiger partial charge in [0.15, 0.2) is 15.7 Å². The third-order valence-electron chi connectivity index (χ3n) is 6.76. The number of aryl methyl sites for hydroxylation is 1. The average molecular weight is 616 g/mol. The van der Waals surface area contributed by atoms with Crippen molar-refractivity contribution in [3.63, 3.8) is 0 Å². The fourth-order valence-electron chi connectivity index (χ4n) is 4.82. The third-order valence-corrected chi connectivity index (χ3v) is 8.17. The van der Waals surface area contributed by atoms with E-state index in [9.17, 15) is 22.3 Å². The molecule has 2 N–H and O–H groups in total. The van der Waals surface area contributed by atoms with Crippen molar-refractivity contribution in [1.82, 2.24) is 10.3 Å². The SMILES string of the molecule is Cc1cc(N2C(F)C(F)NC(F)[C@@]2(F)c2cccc(S(C)(=O)=O)c2)c2ccc(-c3cc(Cl)c(O)cc3F)c(F)c2n1. The maximum Gasteiger partial charge on any atom is 0.256 e. The van der Waals surface area contributed by atoms with Crippen LogP contribution in [0, 0.1) is 18.6 Å². The lowest BCUT2D eigenvalue weighted by Gasteiger charge is -2.48. The molecule has 14 heteroatoms. The van der Waals surface area contributed by atoms with Gasteiger partial charge in [0, 0.05) is 40.1 Å². The van der Waals surface area contributed by atoms with Crippen LogP contribution in [0.4, 0.5) is 32.0 Å². The average Bonchev–Trinajstić information content (AvgIpc) is 2.90. The molecule has 0 bridgehead atoms. The summed E-state index contributed by atoms with van der Waals surface area (Å²) in [6, 6.07) is 8.98. The molecule has 6 nitrogen and oxygen atoms in total. The number of benzene rings is 3. The van der Waals surface area contributed by atoms with E-state index in [-0.39, 0.29) is 32.1 Å². The van der Waals surface area contributed by atoms with E-state index in [2.05, 4.69) is 4.98 Å². The third kappa shape index (κ3) is 4.75. The van der Waals surface area contributed by atoms with Crippen molar-refractivity contribution in [1.29, 1.82) is 0 Å². The number of hydrogen-bond acceptors (Lipinski definition) is 6. The molecule has 0 spiro atoms. The first-order valence-corrected chi connectivity index (χ1v) is 14.2. The van der Waals surface area contributed by atoms with Crippen molar-refractivity contribution in [2.24, 2.45) is 0 Å². The summed E-state index contributed by atoms with van der Waals surface area (Å²) in [6.45, 7) is 1.34. The lowest BCUT2D eigenvalue weighted by molar-refractivity contribution is -0.0776. The van der Waals surface area contributed by atoms with Gasteiger partial charge in [0.2, 0.25) is 18.9 Å². The van der Waals surface area contributed by atoms with Crippen molar-refractivity contribution in [3.05, 3.63) is 82.5 Å². The molecule has 41 heavy (non-hydrogen) atoms. The molecule has 0 saturated carbocycles. The number of halogens is 7. The summed E-state index contributed by atoms with van der Waals surface area (Å²) in [5, 5.41) is 10.6. The summed E-state index contributed by atoms with van der Waals surface area (Å²) < 4.78 is 117. The number of piperazine rings is 1. The molecule has 1 aliphatic rings. The van der Waals surface area contributed by atoms with E-state index in [4.69, 9.17) is 11.6 Å². The second-order valence-electron chi connectivity index (χ2n) is 9.54. The van der Waals surface area contributed by atoms with Gasteiger partial charge in [-0.3, -0.25) is 4.90 Å². The van der Waals surface area contributed by atoms with Crippen LogP contribution < -0.4 is 10.2 Å². The highest BCUT2D eigenvalue weighted by Gasteiger charge is 2.57. The van der Waals surface area contributed by atoms with Crippen LogP contribution in [-0.4, -0.2) is 43.7 Å². The van der Waals surface area contributed by atoms with E-state index in [1.165, 1.54) is 6.92 Å². The van der Waals surface area contributed by atoms with Crippen molar-refractivity contribution in [2.75, 3.05) is 11.2 Å². The van der Waals surface area contributed by atoms with Crippen LogP contribution in [0.1, 0.15) is 11.3 Å². The van der Waals surface area contributed by atoms with Crippen molar-refractivity contribution >= 4 is 38.0 Å². The summed E-state index contributed by atoms with van der Waals surface area (Å²) in [4.78, 5) is 3.81. The molecule has 4 aromatic rings. The number of nitrogens with zero attached hydrogens (tertiary/aromatic N) is 2. The summed E-state index contributed by atoms with van der Waals surface area (Å²) >= 11 is 5.87. The fourth-order valence-corrected chi connectivity index (χ4v) is 5.65. The molecule has 3 aromatic carbocycles. The standard InChI is InChI=1S/C27H20ClF6N3O3S/c1-12-8-20(16-7-6-15(22(30)23(16)35-12)17-10-18(28)21(38)11-19(17)29)37-25(32)24(31)36-26(33)27(37,34)13-4-3-5-14(9-13)41(2,39)40/h3-11,24-26,36,38H,1-2H3/t24?,25?,26?,27-/m1/s1. The van der Waals surface area contributed by atoms with E-state index >= 15 is 17.6 Å². The second kappa shape index (κ2) is 10.1. The van der Waals surface area contributed by atoms with Crippen LogP contribution in [0.3, 0.4) is 0 Å². The van der Waals surface area contributed by atoms with Crippen LogP contribution >= 0.6 is 11.6 Å². The number of anilines is 1. The van der Waals surface area contributed by atoms with E-state index in [0.29, 0.717) is 6.07 Å². The predicted octanol–water partition coefficient (Wildman–Crippen LogP) is 6.37. The van der Waals surface area contributed by atoms with E-state index in [0.717, 1.165) is 54.8 Å². The topological polar surface area (TPSA) is 82.5 Å². The number of phenolic OH excluding ortho intramolecular Hbond substituents is 1. The van der Waals surface area contributed by atoms with Gasteiger partial charge >= 0.3 is 0 Å². The number of fused-ring (bicyclic) bond motifs is 1. The molecule has 216 valence electrons. The van der Waals surface area contributed by atoms with Gasteiger partial charge in [-0.15, -0.1) is 0 Å². The molecule has 0 radical (unpaired) electrons. The molecule has 2 heterocycles. The normalized spacial score (nSPS) is 23.2. The highest BCUT2D eigenvalue weighted by Crippen LogP contribution is 2.47. The van der Waals surface area contributed by atoms with Gasteiger partial charge in [-0.25, -0.2) is 45.1 Å².